The first-order chi connectivity index (χ1) is 9.56. The average molecular weight is 278 g/mol. The SMILES string of the molecule is COc1cccc(CC(=O)N(CCCN)CC(C)C)c1. The van der Waals surface area contributed by atoms with Crippen molar-refractivity contribution in [1.29, 1.82) is 0 Å². The number of amides is 1. The predicted octanol–water partition coefficient (Wildman–Crippen LogP) is 2.07. The molecule has 4 nitrogen and oxygen atoms in total. The number of nitrogens with zero attached hydrogens (tertiary/aromatic N) is 1. The predicted molar refractivity (Wildman–Crippen MR) is 81.8 cm³/mol. The first-order valence-electron chi connectivity index (χ1n) is 7.17. The van der Waals surface area contributed by atoms with Crippen molar-refractivity contribution in [2.24, 2.45) is 11.7 Å². The van der Waals surface area contributed by atoms with Gasteiger partial charge >= 0.3 is 0 Å². The van der Waals surface area contributed by atoms with Gasteiger partial charge in [-0.15, -0.1) is 0 Å². The van der Waals surface area contributed by atoms with E-state index in [0.29, 0.717) is 18.9 Å². The fourth-order valence-corrected chi connectivity index (χ4v) is 2.11. The Morgan fingerprint density at radius 1 is 1.40 bits per heavy atom. The second-order valence-electron chi connectivity index (χ2n) is 5.40. The second-order valence-corrected chi connectivity index (χ2v) is 5.40. The summed E-state index contributed by atoms with van der Waals surface area (Å²) in [7, 11) is 1.63. The highest BCUT2D eigenvalue weighted by Crippen LogP contribution is 2.14. The van der Waals surface area contributed by atoms with Crippen LogP contribution >= 0.6 is 0 Å². The van der Waals surface area contributed by atoms with Gasteiger partial charge in [0.05, 0.1) is 13.5 Å². The quantitative estimate of drug-likeness (QED) is 0.792. The minimum absolute atomic E-state index is 0.153. The topological polar surface area (TPSA) is 55.6 Å². The van der Waals surface area contributed by atoms with Crippen molar-refractivity contribution in [3.8, 4) is 5.75 Å². The van der Waals surface area contributed by atoms with Crippen LogP contribution in [0.4, 0.5) is 0 Å². The zero-order valence-electron chi connectivity index (χ0n) is 12.8. The molecular weight excluding hydrogens is 252 g/mol. The third-order valence-electron chi connectivity index (χ3n) is 3.06. The van der Waals surface area contributed by atoms with E-state index in [4.69, 9.17) is 10.5 Å². The van der Waals surface area contributed by atoms with Gasteiger partial charge in [0.25, 0.3) is 0 Å². The number of hydrogen-bond acceptors (Lipinski definition) is 3. The van der Waals surface area contributed by atoms with Crippen LogP contribution in [-0.2, 0) is 11.2 Å². The van der Waals surface area contributed by atoms with Gasteiger partial charge in [0.2, 0.25) is 5.91 Å². The van der Waals surface area contributed by atoms with Crippen LogP contribution in [-0.4, -0.2) is 37.6 Å². The van der Waals surface area contributed by atoms with Gasteiger partial charge in [-0.2, -0.15) is 0 Å². The number of carbonyl (C=O) groups excluding carboxylic acids is 1. The fourth-order valence-electron chi connectivity index (χ4n) is 2.11. The van der Waals surface area contributed by atoms with Crippen molar-refractivity contribution >= 4 is 5.91 Å². The lowest BCUT2D eigenvalue weighted by molar-refractivity contribution is -0.131. The van der Waals surface area contributed by atoms with E-state index in [9.17, 15) is 4.79 Å². The summed E-state index contributed by atoms with van der Waals surface area (Å²) < 4.78 is 5.18. The molecule has 112 valence electrons. The van der Waals surface area contributed by atoms with Crippen LogP contribution in [0.5, 0.6) is 5.75 Å². The third-order valence-corrected chi connectivity index (χ3v) is 3.06. The molecule has 1 aromatic rings. The second kappa shape index (κ2) is 8.59. The van der Waals surface area contributed by atoms with Crippen LogP contribution in [0.15, 0.2) is 24.3 Å². The van der Waals surface area contributed by atoms with E-state index in [0.717, 1.165) is 30.8 Å². The molecule has 0 heterocycles. The molecule has 0 atom stereocenters. The highest BCUT2D eigenvalue weighted by atomic mass is 16.5. The molecule has 0 saturated heterocycles. The summed E-state index contributed by atoms with van der Waals surface area (Å²) >= 11 is 0. The first-order valence-corrected chi connectivity index (χ1v) is 7.17. The van der Waals surface area contributed by atoms with Gasteiger partial charge in [-0.25, -0.2) is 0 Å². The smallest absolute Gasteiger partial charge is 0.227 e. The van der Waals surface area contributed by atoms with E-state index in [1.54, 1.807) is 7.11 Å². The molecule has 0 aromatic heterocycles. The van der Waals surface area contributed by atoms with Crippen molar-refractivity contribution in [3.63, 3.8) is 0 Å². The Hall–Kier alpha value is -1.55. The zero-order chi connectivity index (χ0) is 15.0. The number of methoxy groups -OCH3 is 1. The number of hydrogen-bond donors (Lipinski definition) is 1. The normalized spacial score (nSPS) is 10.7. The molecule has 0 bridgehead atoms. The third kappa shape index (κ3) is 5.61. The number of ether oxygens (including phenoxy) is 1. The van der Waals surface area contributed by atoms with Crippen LogP contribution in [0.2, 0.25) is 0 Å². The average Bonchev–Trinajstić information content (AvgIpc) is 2.43. The molecule has 0 unspecified atom stereocenters. The van der Waals surface area contributed by atoms with Crippen LogP contribution in [0.1, 0.15) is 25.8 Å². The molecule has 1 amide bonds. The Kier molecular flexibility index (Phi) is 7.09. The van der Waals surface area contributed by atoms with E-state index in [-0.39, 0.29) is 5.91 Å². The molecule has 0 aliphatic heterocycles. The monoisotopic (exact) mass is 278 g/mol. The molecule has 1 aromatic carbocycles. The van der Waals surface area contributed by atoms with Gasteiger partial charge in [-0.05, 0) is 36.6 Å². The van der Waals surface area contributed by atoms with Gasteiger partial charge in [0.15, 0.2) is 0 Å². The summed E-state index contributed by atoms with van der Waals surface area (Å²) in [4.78, 5) is 14.3. The van der Waals surface area contributed by atoms with Crippen LogP contribution in [0.25, 0.3) is 0 Å². The summed E-state index contributed by atoms with van der Waals surface area (Å²) in [5.41, 5.74) is 6.53. The highest BCUT2D eigenvalue weighted by Gasteiger charge is 2.15. The van der Waals surface area contributed by atoms with Crippen molar-refractivity contribution in [3.05, 3.63) is 29.8 Å². The van der Waals surface area contributed by atoms with Gasteiger partial charge in [-0.1, -0.05) is 26.0 Å². The zero-order valence-corrected chi connectivity index (χ0v) is 12.8. The molecule has 20 heavy (non-hydrogen) atoms. The van der Waals surface area contributed by atoms with Gasteiger partial charge in [0, 0.05) is 13.1 Å². The Morgan fingerprint density at radius 2 is 2.15 bits per heavy atom. The molecule has 0 saturated carbocycles. The van der Waals surface area contributed by atoms with Crippen molar-refractivity contribution < 1.29 is 9.53 Å². The van der Waals surface area contributed by atoms with Crippen molar-refractivity contribution in [2.45, 2.75) is 26.7 Å². The summed E-state index contributed by atoms with van der Waals surface area (Å²) in [6.07, 6.45) is 1.26. The van der Waals surface area contributed by atoms with Gasteiger partial charge in [-0.3, -0.25) is 4.79 Å². The van der Waals surface area contributed by atoms with Gasteiger partial charge in [0.1, 0.15) is 5.75 Å². The largest absolute Gasteiger partial charge is 0.497 e. The maximum absolute atomic E-state index is 12.4. The molecular formula is C16H26N2O2. The lowest BCUT2D eigenvalue weighted by Crippen LogP contribution is -2.36. The van der Waals surface area contributed by atoms with E-state index in [2.05, 4.69) is 13.8 Å². The molecule has 0 aliphatic rings. The summed E-state index contributed by atoms with van der Waals surface area (Å²) in [5.74, 6) is 1.40. The molecule has 1 rings (SSSR count). The number of carbonyl (C=O) groups is 1. The van der Waals surface area contributed by atoms with Gasteiger partial charge < -0.3 is 15.4 Å². The Labute approximate surface area is 121 Å². The number of rotatable bonds is 8. The lowest BCUT2D eigenvalue weighted by Gasteiger charge is -2.24. The molecule has 0 fully saturated rings. The van der Waals surface area contributed by atoms with E-state index in [1.807, 2.05) is 29.2 Å². The number of nitrogens with two attached hydrogens (primary N) is 1. The van der Waals surface area contributed by atoms with Crippen molar-refractivity contribution in [1.82, 2.24) is 4.90 Å². The first kappa shape index (κ1) is 16.5. The van der Waals surface area contributed by atoms with Crippen LogP contribution in [0.3, 0.4) is 0 Å². The Bertz CT molecular complexity index is 419. The Morgan fingerprint density at radius 3 is 2.75 bits per heavy atom. The van der Waals surface area contributed by atoms with Crippen LogP contribution < -0.4 is 10.5 Å². The molecule has 2 N–H and O–H groups in total. The highest BCUT2D eigenvalue weighted by molar-refractivity contribution is 5.78. The van der Waals surface area contributed by atoms with E-state index in [1.165, 1.54) is 0 Å². The molecule has 0 spiro atoms. The summed E-state index contributed by atoms with van der Waals surface area (Å²) in [5, 5.41) is 0. The minimum atomic E-state index is 0.153. The summed E-state index contributed by atoms with van der Waals surface area (Å²) in [6.45, 7) is 6.36. The van der Waals surface area contributed by atoms with Crippen LogP contribution in [0, 0.1) is 5.92 Å². The maximum atomic E-state index is 12.4. The van der Waals surface area contributed by atoms with E-state index < -0.39 is 0 Å². The maximum Gasteiger partial charge on any atom is 0.227 e. The Balaban J connectivity index is 2.68. The fraction of sp³-hybridized carbons (Fsp3) is 0.562. The standard InChI is InChI=1S/C16H26N2O2/c1-13(2)12-18(9-5-8-17)16(19)11-14-6-4-7-15(10-14)20-3/h4,6-7,10,13H,5,8-9,11-12,17H2,1-3H3. The van der Waals surface area contributed by atoms with E-state index >= 15 is 0 Å². The van der Waals surface area contributed by atoms with Crippen molar-refractivity contribution in [2.75, 3.05) is 26.7 Å². The molecule has 0 aliphatic carbocycles. The minimum Gasteiger partial charge on any atom is -0.497 e. The number of benzene rings is 1. The molecule has 0 radical (unpaired) electrons. The summed E-state index contributed by atoms with van der Waals surface area (Å²) in [6, 6.07) is 7.66. The lowest BCUT2D eigenvalue weighted by atomic mass is 10.1. The molecule has 4 heteroatoms.